The van der Waals surface area contributed by atoms with Crippen LogP contribution in [-0.2, 0) is 0 Å². The molecule has 1 aliphatic heterocycles. The lowest BCUT2D eigenvalue weighted by Gasteiger charge is -2.26. The summed E-state index contributed by atoms with van der Waals surface area (Å²) in [6.07, 6.45) is 0.612. The maximum atomic E-state index is 12.4. The molecule has 0 spiro atoms. The third-order valence-corrected chi connectivity index (χ3v) is 3.61. The van der Waals surface area contributed by atoms with Crippen molar-refractivity contribution in [1.29, 1.82) is 0 Å². The van der Waals surface area contributed by atoms with Crippen LogP contribution in [0.2, 0.25) is 0 Å². The Morgan fingerprint density at radius 2 is 1.91 bits per heavy atom. The van der Waals surface area contributed by atoms with Crippen molar-refractivity contribution in [3.63, 3.8) is 0 Å². The van der Waals surface area contributed by atoms with Gasteiger partial charge in [0.2, 0.25) is 0 Å². The van der Waals surface area contributed by atoms with Crippen molar-refractivity contribution in [2.75, 3.05) is 6.61 Å². The van der Waals surface area contributed by atoms with Gasteiger partial charge in [-0.2, -0.15) is 8.78 Å². The predicted molar refractivity (Wildman–Crippen MR) is 79.8 cm³/mol. The number of hydrogen-bond donors (Lipinski definition) is 1. The fourth-order valence-electron chi connectivity index (χ4n) is 2.58. The van der Waals surface area contributed by atoms with E-state index < -0.39 is 12.5 Å². The molecular formula is C17H15F2NO3. The van der Waals surface area contributed by atoms with Crippen LogP contribution in [0.1, 0.15) is 28.4 Å². The quantitative estimate of drug-likeness (QED) is 0.937. The average molecular weight is 319 g/mol. The van der Waals surface area contributed by atoms with Crippen LogP contribution in [0.5, 0.6) is 11.5 Å². The molecular weight excluding hydrogens is 304 g/mol. The normalized spacial score (nSPS) is 16.4. The van der Waals surface area contributed by atoms with Gasteiger partial charge in [0, 0.05) is 12.0 Å². The van der Waals surface area contributed by atoms with Gasteiger partial charge in [-0.1, -0.05) is 30.3 Å². The minimum absolute atomic E-state index is 0.0803. The molecule has 6 heteroatoms. The first kappa shape index (κ1) is 15.3. The zero-order valence-electron chi connectivity index (χ0n) is 12.2. The van der Waals surface area contributed by atoms with Gasteiger partial charge in [0.25, 0.3) is 5.91 Å². The maximum Gasteiger partial charge on any atom is 0.387 e. The van der Waals surface area contributed by atoms with Crippen molar-refractivity contribution in [3.05, 3.63) is 59.7 Å². The minimum atomic E-state index is -2.98. The number of benzene rings is 2. The summed E-state index contributed by atoms with van der Waals surface area (Å²) in [7, 11) is 0. The molecule has 0 bridgehead atoms. The number of hydrogen-bond acceptors (Lipinski definition) is 3. The van der Waals surface area contributed by atoms with Crippen molar-refractivity contribution < 1.29 is 23.0 Å². The Bertz CT molecular complexity index is 706. The summed E-state index contributed by atoms with van der Waals surface area (Å²) in [5.74, 6) is 0.129. The number of rotatable bonds is 4. The molecule has 1 atom stereocenters. The molecule has 0 saturated heterocycles. The number of fused-ring (bicyclic) bond motifs is 1. The molecule has 1 amide bonds. The Balaban J connectivity index is 1.81. The summed E-state index contributed by atoms with van der Waals surface area (Å²) < 4.78 is 34.8. The van der Waals surface area contributed by atoms with Crippen LogP contribution in [-0.4, -0.2) is 19.1 Å². The molecule has 2 aromatic carbocycles. The second-order valence-electron chi connectivity index (χ2n) is 5.08. The molecule has 0 fully saturated rings. The van der Waals surface area contributed by atoms with E-state index in [1.165, 1.54) is 18.2 Å². The van der Waals surface area contributed by atoms with Gasteiger partial charge in [-0.3, -0.25) is 4.79 Å². The number of carbonyl (C=O) groups excluding carboxylic acids is 1. The minimum Gasteiger partial charge on any atom is -0.493 e. The van der Waals surface area contributed by atoms with E-state index in [4.69, 9.17) is 4.74 Å². The summed E-state index contributed by atoms with van der Waals surface area (Å²) in [5.41, 5.74) is 0.955. The molecule has 0 aromatic heterocycles. The van der Waals surface area contributed by atoms with Gasteiger partial charge in [0.15, 0.2) is 0 Å². The van der Waals surface area contributed by atoms with Crippen LogP contribution in [0.4, 0.5) is 8.78 Å². The van der Waals surface area contributed by atoms with Gasteiger partial charge in [0.05, 0.1) is 18.2 Å². The Hall–Kier alpha value is -2.63. The highest BCUT2D eigenvalue weighted by Crippen LogP contribution is 2.32. The predicted octanol–water partition coefficient (Wildman–Crippen LogP) is 3.54. The molecule has 23 heavy (non-hydrogen) atoms. The summed E-state index contributed by atoms with van der Waals surface area (Å²) in [6, 6.07) is 13.1. The number of ether oxygens (including phenoxy) is 2. The molecule has 0 unspecified atom stereocenters. The Morgan fingerprint density at radius 1 is 1.17 bits per heavy atom. The van der Waals surface area contributed by atoms with Crippen LogP contribution >= 0.6 is 0 Å². The molecule has 1 heterocycles. The topological polar surface area (TPSA) is 47.6 Å². The summed E-state index contributed by atoms with van der Waals surface area (Å²) in [6.45, 7) is -2.50. The number of amides is 1. The van der Waals surface area contributed by atoms with E-state index in [1.54, 1.807) is 6.07 Å². The smallest absolute Gasteiger partial charge is 0.387 e. The highest BCUT2D eigenvalue weighted by atomic mass is 19.3. The van der Waals surface area contributed by atoms with Crippen molar-refractivity contribution in [2.45, 2.75) is 19.1 Å². The van der Waals surface area contributed by atoms with E-state index in [0.717, 1.165) is 11.3 Å². The second-order valence-corrected chi connectivity index (χ2v) is 5.08. The Kier molecular flexibility index (Phi) is 4.41. The van der Waals surface area contributed by atoms with Gasteiger partial charge in [-0.15, -0.1) is 0 Å². The molecule has 0 radical (unpaired) electrons. The third kappa shape index (κ3) is 3.41. The lowest BCUT2D eigenvalue weighted by molar-refractivity contribution is -0.0501. The van der Waals surface area contributed by atoms with Gasteiger partial charge < -0.3 is 14.8 Å². The number of nitrogens with one attached hydrogen (secondary N) is 1. The summed E-state index contributed by atoms with van der Waals surface area (Å²) >= 11 is 0. The lowest BCUT2D eigenvalue weighted by Crippen LogP contribution is -2.32. The molecule has 0 aliphatic carbocycles. The van der Waals surface area contributed by atoms with Crippen molar-refractivity contribution in [1.82, 2.24) is 5.32 Å². The fraction of sp³-hybridized carbons (Fsp3) is 0.235. The average Bonchev–Trinajstić information content (AvgIpc) is 2.55. The van der Waals surface area contributed by atoms with Gasteiger partial charge in [0.1, 0.15) is 11.5 Å². The molecule has 4 nitrogen and oxygen atoms in total. The fourth-order valence-corrected chi connectivity index (χ4v) is 2.58. The van der Waals surface area contributed by atoms with Gasteiger partial charge >= 0.3 is 6.61 Å². The molecule has 120 valence electrons. The first-order valence-electron chi connectivity index (χ1n) is 7.21. The largest absolute Gasteiger partial charge is 0.493 e. The number of para-hydroxylation sites is 2. The van der Waals surface area contributed by atoms with Gasteiger partial charge in [-0.05, 0) is 18.2 Å². The van der Waals surface area contributed by atoms with Crippen LogP contribution in [0.25, 0.3) is 0 Å². The summed E-state index contributed by atoms with van der Waals surface area (Å²) in [4.78, 5) is 12.4. The number of halogens is 2. The van der Waals surface area contributed by atoms with Crippen LogP contribution in [0.15, 0.2) is 48.5 Å². The monoisotopic (exact) mass is 319 g/mol. The zero-order chi connectivity index (χ0) is 16.2. The van der Waals surface area contributed by atoms with Crippen molar-refractivity contribution >= 4 is 5.91 Å². The van der Waals surface area contributed by atoms with E-state index in [-0.39, 0.29) is 17.4 Å². The Labute approximate surface area is 132 Å². The Morgan fingerprint density at radius 3 is 2.74 bits per heavy atom. The molecule has 1 aliphatic rings. The first-order chi connectivity index (χ1) is 11.1. The maximum absolute atomic E-state index is 12.4. The van der Waals surface area contributed by atoms with Crippen LogP contribution < -0.4 is 14.8 Å². The molecule has 0 saturated carbocycles. The molecule has 1 N–H and O–H groups in total. The van der Waals surface area contributed by atoms with E-state index in [2.05, 4.69) is 10.1 Å². The van der Waals surface area contributed by atoms with Gasteiger partial charge in [-0.25, -0.2) is 0 Å². The van der Waals surface area contributed by atoms with Crippen molar-refractivity contribution in [3.8, 4) is 11.5 Å². The number of carbonyl (C=O) groups is 1. The van der Waals surface area contributed by atoms with E-state index in [0.29, 0.717) is 13.0 Å². The zero-order valence-corrected chi connectivity index (χ0v) is 12.2. The van der Waals surface area contributed by atoms with Crippen LogP contribution in [0, 0.1) is 0 Å². The summed E-state index contributed by atoms with van der Waals surface area (Å²) in [5, 5.41) is 2.86. The van der Waals surface area contributed by atoms with E-state index in [1.807, 2.05) is 24.3 Å². The number of alkyl halides is 2. The molecule has 3 rings (SSSR count). The third-order valence-electron chi connectivity index (χ3n) is 3.61. The highest BCUT2D eigenvalue weighted by Gasteiger charge is 2.24. The molecule has 2 aromatic rings. The first-order valence-corrected chi connectivity index (χ1v) is 7.21. The van der Waals surface area contributed by atoms with E-state index in [9.17, 15) is 13.6 Å². The van der Waals surface area contributed by atoms with Crippen molar-refractivity contribution in [2.24, 2.45) is 0 Å². The van der Waals surface area contributed by atoms with Crippen LogP contribution in [0.3, 0.4) is 0 Å². The van der Waals surface area contributed by atoms with E-state index >= 15 is 0 Å². The SMILES string of the molecule is O=C(N[C@@H]1CCOc2ccccc21)c1ccccc1OC(F)F. The second kappa shape index (κ2) is 6.64. The standard InChI is InChI=1S/C17H15F2NO3/c18-17(19)23-15-8-4-2-6-12(15)16(21)20-13-9-10-22-14-7-3-1-5-11(13)14/h1-8,13,17H,9-10H2,(H,20,21)/t13-/m1/s1. The lowest BCUT2D eigenvalue weighted by atomic mass is 10.00. The highest BCUT2D eigenvalue weighted by molar-refractivity contribution is 5.97.